The zero-order chi connectivity index (χ0) is 17.1. The highest BCUT2D eigenvalue weighted by Crippen LogP contribution is 2.35. The van der Waals surface area contributed by atoms with E-state index in [4.69, 9.17) is 23.2 Å². The predicted octanol–water partition coefficient (Wildman–Crippen LogP) is 5.57. The first-order valence-electron chi connectivity index (χ1n) is 8.18. The van der Waals surface area contributed by atoms with E-state index in [0.29, 0.717) is 16.9 Å². The first-order chi connectivity index (χ1) is 12.1. The zero-order valence-corrected chi connectivity index (χ0v) is 15.1. The Morgan fingerprint density at radius 1 is 0.840 bits per heavy atom. The summed E-state index contributed by atoms with van der Waals surface area (Å²) in [4.78, 5) is 0. The van der Waals surface area contributed by atoms with Crippen molar-refractivity contribution in [2.45, 2.75) is 6.54 Å². The molecule has 0 aliphatic carbocycles. The summed E-state index contributed by atoms with van der Waals surface area (Å²) in [7, 11) is 1.89. The molecule has 0 radical (unpaired) electrons. The lowest BCUT2D eigenvalue weighted by atomic mass is 9.93. The third-order valence-corrected chi connectivity index (χ3v) is 5.86. The third kappa shape index (κ3) is 2.21. The summed E-state index contributed by atoms with van der Waals surface area (Å²) in [6.45, 7) is 0.690. The molecule has 5 aromatic rings. The molecule has 0 spiro atoms. The van der Waals surface area contributed by atoms with E-state index in [-0.39, 0.29) is 0 Å². The molecule has 25 heavy (non-hydrogen) atoms. The number of aryl methyl sites for hydroxylation is 1. The van der Waals surface area contributed by atoms with Crippen molar-refractivity contribution < 1.29 is 4.57 Å². The fraction of sp³-hybridized carbons (Fsp3) is 0.0952. The molecule has 0 aliphatic heterocycles. The summed E-state index contributed by atoms with van der Waals surface area (Å²) in [5.74, 6) is 0. The molecule has 0 atom stereocenters. The maximum absolute atomic E-state index is 6.34. The van der Waals surface area contributed by atoms with E-state index < -0.39 is 0 Å². The van der Waals surface area contributed by atoms with Crippen LogP contribution in [0.25, 0.3) is 32.3 Å². The Morgan fingerprint density at radius 2 is 1.40 bits per heavy atom. The van der Waals surface area contributed by atoms with Crippen LogP contribution in [0.3, 0.4) is 0 Å². The number of rotatable bonds is 2. The van der Waals surface area contributed by atoms with Crippen LogP contribution in [-0.4, -0.2) is 4.57 Å². The van der Waals surface area contributed by atoms with Crippen LogP contribution in [0.4, 0.5) is 0 Å². The molecule has 1 heterocycles. The smallest absolute Gasteiger partial charge is 0.222 e. The number of nitrogens with zero attached hydrogens (tertiary/aromatic N) is 2. The van der Waals surface area contributed by atoms with Crippen molar-refractivity contribution in [3.63, 3.8) is 0 Å². The van der Waals surface area contributed by atoms with Crippen molar-refractivity contribution >= 4 is 55.5 Å². The second kappa shape index (κ2) is 5.35. The van der Waals surface area contributed by atoms with Crippen molar-refractivity contribution in [2.24, 2.45) is 7.05 Å². The van der Waals surface area contributed by atoms with Gasteiger partial charge < -0.3 is 0 Å². The second-order valence-electron chi connectivity index (χ2n) is 6.56. The maximum atomic E-state index is 6.34. The highest BCUT2D eigenvalue weighted by Gasteiger charge is 2.18. The molecule has 4 heteroatoms. The summed E-state index contributed by atoms with van der Waals surface area (Å²) in [5, 5.41) is 8.89. The van der Waals surface area contributed by atoms with Crippen LogP contribution in [0.5, 0.6) is 0 Å². The molecular formula is C21H15Cl2N2+. The molecule has 5 rings (SSSR count). The van der Waals surface area contributed by atoms with Gasteiger partial charge in [0.25, 0.3) is 10.3 Å². The van der Waals surface area contributed by atoms with Gasteiger partial charge in [0.05, 0.1) is 7.05 Å². The Balaban J connectivity index is 1.73. The first-order valence-corrected chi connectivity index (χ1v) is 8.93. The lowest BCUT2D eigenvalue weighted by molar-refractivity contribution is -0.668. The molecule has 0 N–H and O–H groups in total. The van der Waals surface area contributed by atoms with Gasteiger partial charge in [-0.15, -0.1) is 0 Å². The number of aromatic nitrogens is 2. The highest BCUT2D eigenvalue weighted by molar-refractivity contribution is 6.39. The summed E-state index contributed by atoms with van der Waals surface area (Å²) < 4.78 is 3.80. The fourth-order valence-electron chi connectivity index (χ4n) is 3.79. The zero-order valence-electron chi connectivity index (χ0n) is 13.6. The Labute approximate surface area is 155 Å². The van der Waals surface area contributed by atoms with E-state index in [1.54, 1.807) is 0 Å². The Morgan fingerprint density at radius 3 is 1.96 bits per heavy atom. The topological polar surface area (TPSA) is 8.81 Å². The van der Waals surface area contributed by atoms with Crippen LogP contribution >= 0.6 is 23.2 Å². The van der Waals surface area contributed by atoms with Gasteiger partial charge in [0, 0.05) is 0 Å². The van der Waals surface area contributed by atoms with Crippen molar-refractivity contribution in [2.75, 3.05) is 0 Å². The van der Waals surface area contributed by atoms with E-state index in [1.807, 2.05) is 22.5 Å². The highest BCUT2D eigenvalue weighted by atomic mass is 35.5. The van der Waals surface area contributed by atoms with E-state index >= 15 is 0 Å². The second-order valence-corrected chi connectivity index (χ2v) is 7.28. The number of halogens is 2. The van der Waals surface area contributed by atoms with Crippen LogP contribution in [0.15, 0.2) is 60.9 Å². The van der Waals surface area contributed by atoms with Crippen molar-refractivity contribution in [3.05, 3.63) is 76.8 Å². The number of hydrogen-bond acceptors (Lipinski definition) is 0. The van der Waals surface area contributed by atoms with Gasteiger partial charge in [-0.3, -0.25) is 0 Å². The predicted molar refractivity (Wildman–Crippen MR) is 105 cm³/mol. The van der Waals surface area contributed by atoms with Crippen LogP contribution in [0.2, 0.25) is 10.3 Å². The number of benzene rings is 4. The van der Waals surface area contributed by atoms with Gasteiger partial charge in [0.15, 0.2) is 0 Å². The van der Waals surface area contributed by atoms with E-state index in [9.17, 15) is 0 Å². The van der Waals surface area contributed by atoms with Gasteiger partial charge in [-0.2, -0.15) is 0 Å². The molecule has 4 aromatic carbocycles. The van der Waals surface area contributed by atoms with Crippen molar-refractivity contribution in [3.8, 4) is 0 Å². The van der Waals surface area contributed by atoms with Gasteiger partial charge >= 0.3 is 0 Å². The largest absolute Gasteiger partial charge is 0.255 e. The van der Waals surface area contributed by atoms with Gasteiger partial charge in [0.1, 0.15) is 6.54 Å². The standard InChI is InChI=1S/C21H15Cl2N2/c1-24-12-25(21(23)20(24)22)11-13-9-16-7-5-14-3-2-4-15-6-8-17(10-13)19(16)18(14)15/h2-10,12H,11H2,1H3/q+1. The van der Waals surface area contributed by atoms with Crippen LogP contribution in [-0.2, 0) is 13.6 Å². The quantitative estimate of drug-likeness (QED) is 0.286. The van der Waals surface area contributed by atoms with E-state index in [2.05, 4.69) is 54.6 Å². The van der Waals surface area contributed by atoms with Crippen LogP contribution < -0.4 is 4.57 Å². The third-order valence-electron chi connectivity index (χ3n) is 4.92. The lowest BCUT2D eigenvalue weighted by Gasteiger charge is -2.12. The van der Waals surface area contributed by atoms with Crippen molar-refractivity contribution in [1.82, 2.24) is 4.57 Å². The summed E-state index contributed by atoms with van der Waals surface area (Å²) >= 11 is 12.5. The van der Waals surface area contributed by atoms with E-state index in [1.165, 1.54) is 37.9 Å². The van der Waals surface area contributed by atoms with E-state index in [0.717, 1.165) is 0 Å². The molecule has 0 unspecified atom stereocenters. The molecule has 0 aliphatic rings. The monoisotopic (exact) mass is 365 g/mol. The van der Waals surface area contributed by atoms with Crippen LogP contribution in [0, 0.1) is 0 Å². The molecule has 0 fully saturated rings. The average molecular weight is 366 g/mol. The minimum absolute atomic E-state index is 0.555. The lowest BCUT2D eigenvalue weighted by Crippen LogP contribution is -2.26. The molecule has 0 amide bonds. The Bertz CT molecular complexity index is 1190. The van der Waals surface area contributed by atoms with Crippen LogP contribution in [0.1, 0.15) is 5.56 Å². The molecule has 2 nitrogen and oxygen atoms in total. The number of imidazole rings is 1. The molecular weight excluding hydrogens is 351 g/mol. The van der Waals surface area contributed by atoms with Crippen molar-refractivity contribution in [1.29, 1.82) is 0 Å². The summed E-state index contributed by atoms with van der Waals surface area (Å²) in [5.41, 5.74) is 1.21. The van der Waals surface area contributed by atoms with Gasteiger partial charge in [0.2, 0.25) is 6.33 Å². The van der Waals surface area contributed by atoms with Gasteiger partial charge in [-0.05, 0) is 73.2 Å². The SMILES string of the molecule is C[n+]1cn(Cc2cc3ccc4cccc5ccc(c2)c3c45)c(Cl)c1Cl. The fourth-order valence-corrected chi connectivity index (χ4v) is 4.18. The first kappa shape index (κ1) is 15.0. The summed E-state index contributed by atoms with van der Waals surface area (Å²) in [6.07, 6.45) is 1.93. The number of hydrogen-bond donors (Lipinski definition) is 0. The normalized spacial score (nSPS) is 12.0. The minimum Gasteiger partial charge on any atom is -0.222 e. The molecule has 0 saturated heterocycles. The Kier molecular flexibility index (Phi) is 3.21. The maximum Gasteiger partial charge on any atom is 0.255 e. The average Bonchev–Trinajstić information content (AvgIpc) is 2.86. The molecule has 1 aromatic heterocycles. The summed E-state index contributed by atoms with van der Waals surface area (Å²) in [6, 6.07) is 19.8. The Hall–Kier alpha value is -2.29. The van der Waals surface area contributed by atoms with Gasteiger partial charge in [-0.1, -0.05) is 42.5 Å². The van der Waals surface area contributed by atoms with Gasteiger partial charge in [-0.25, -0.2) is 9.13 Å². The molecule has 0 saturated carbocycles. The molecule has 0 bridgehead atoms. The molecule has 122 valence electrons. The minimum atomic E-state index is 0.555.